The van der Waals surface area contributed by atoms with Gasteiger partial charge < -0.3 is 24.5 Å². The monoisotopic (exact) mass is 644 g/mol. The van der Waals surface area contributed by atoms with Crippen LogP contribution in [0.2, 0.25) is 0 Å². The Labute approximate surface area is 261 Å². The number of esters is 1. The van der Waals surface area contributed by atoms with Crippen molar-refractivity contribution in [3.8, 4) is 5.75 Å². The van der Waals surface area contributed by atoms with Gasteiger partial charge in [0.15, 0.2) is 17.5 Å². The van der Waals surface area contributed by atoms with Crippen LogP contribution in [0.15, 0.2) is 47.0 Å². The minimum Gasteiger partial charge on any atom is -0.462 e. The Bertz CT molecular complexity index is 1600. The molecule has 0 spiro atoms. The van der Waals surface area contributed by atoms with Gasteiger partial charge >= 0.3 is 13.7 Å². The number of imidazole rings is 1. The largest absolute Gasteiger partial charge is 0.462 e. The first kappa shape index (κ1) is 32.8. The number of nitrogen functional groups attached to an aromatic ring is 1. The van der Waals surface area contributed by atoms with Crippen molar-refractivity contribution >= 4 is 37.0 Å². The second-order valence-electron chi connectivity index (χ2n) is 11.6. The topological polar surface area (TPSA) is 182 Å². The third kappa shape index (κ3) is 8.39. The highest BCUT2D eigenvalue weighted by molar-refractivity contribution is 7.52. The standard InChI is InChI=1S/C30H41N6O8P/c1-4-10-20(2)43-28(38)21(3)35-45(39,44-23-11-6-5-7-12-23)42-18-30(17-41-24-13-8-9-14-40-24)15-22(30)16-36-19-32-25-26(36)33-29(31)34-27(25)37/h5-7,11-12,16,19-21,24H,4,8-10,13-15,17-18H2,1-3H3,(H,35,39)(H3,31,33,34,37)/b22-16-/t20-,21-,24?,30?,45-/m0/s1. The maximum Gasteiger partial charge on any atom is 0.459 e. The molecule has 1 aromatic carbocycles. The third-order valence-corrected chi connectivity index (χ3v) is 9.34. The first-order valence-corrected chi connectivity index (χ1v) is 16.8. The van der Waals surface area contributed by atoms with Crippen LogP contribution >= 0.6 is 7.75 Å². The number of nitrogens with one attached hydrogen (secondary N) is 2. The van der Waals surface area contributed by atoms with E-state index in [-0.39, 0.29) is 37.1 Å². The van der Waals surface area contributed by atoms with Gasteiger partial charge in [-0.2, -0.15) is 10.1 Å². The van der Waals surface area contributed by atoms with Crippen molar-refractivity contribution in [3.63, 3.8) is 0 Å². The Kier molecular flexibility index (Phi) is 10.4. The number of hydrogen-bond donors (Lipinski definition) is 3. The molecular formula is C30H41N6O8P. The molecule has 3 heterocycles. The number of rotatable bonds is 15. The minimum atomic E-state index is -4.13. The molecule has 1 aliphatic carbocycles. The highest BCUT2D eigenvalue weighted by Crippen LogP contribution is 2.57. The average Bonchev–Trinajstić information content (AvgIpc) is 3.54. The quantitative estimate of drug-likeness (QED) is 0.157. The van der Waals surface area contributed by atoms with E-state index >= 15 is 0 Å². The van der Waals surface area contributed by atoms with Gasteiger partial charge in [0.05, 0.1) is 19.3 Å². The van der Waals surface area contributed by atoms with Crippen LogP contribution in [0, 0.1) is 5.41 Å². The molecule has 1 saturated carbocycles. The van der Waals surface area contributed by atoms with Crippen molar-refractivity contribution in [1.82, 2.24) is 24.6 Å². The van der Waals surface area contributed by atoms with Gasteiger partial charge in [0.1, 0.15) is 18.1 Å². The van der Waals surface area contributed by atoms with Crippen molar-refractivity contribution in [1.29, 1.82) is 0 Å². The summed E-state index contributed by atoms with van der Waals surface area (Å²) in [5.74, 6) is -0.290. The first-order chi connectivity index (χ1) is 21.6. The van der Waals surface area contributed by atoms with E-state index in [9.17, 15) is 14.2 Å². The van der Waals surface area contributed by atoms with Crippen LogP contribution in [-0.4, -0.2) is 63.7 Å². The van der Waals surface area contributed by atoms with Gasteiger partial charge in [0.2, 0.25) is 5.95 Å². The highest BCUT2D eigenvalue weighted by Gasteiger charge is 2.52. The van der Waals surface area contributed by atoms with E-state index in [1.165, 1.54) is 6.33 Å². The SMILES string of the molecule is CCC[C@H](C)OC(=O)[C@H](C)N[P@](=O)(OCC1(COC2CCCCO2)C/C1=C/n1cnc2c(=O)[nH]c(N)nc21)Oc1ccccc1. The van der Waals surface area contributed by atoms with Crippen LogP contribution in [0.25, 0.3) is 17.4 Å². The summed E-state index contributed by atoms with van der Waals surface area (Å²) in [6, 6.07) is 7.60. The molecule has 1 aliphatic heterocycles. The molecular weight excluding hydrogens is 603 g/mol. The predicted octanol–water partition coefficient (Wildman–Crippen LogP) is 4.39. The van der Waals surface area contributed by atoms with Crippen molar-refractivity contribution in [2.24, 2.45) is 5.41 Å². The zero-order chi connectivity index (χ0) is 32.0. The Morgan fingerprint density at radius 1 is 1.29 bits per heavy atom. The van der Waals surface area contributed by atoms with E-state index in [4.69, 9.17) is 29.0 Å². The fourth-order valence-corrected chi connectivity index (χ4v) is 6.68. The number of aromatic amines is 1. The summed E-state index contributed by atoms with van der Waals surface area (Å²) in [6.07, 6.45) is 7.44. The van der Waals surface area contributed by atoms with E-state index in [2.05, 4.69) is 20.0 Å². The van der Waals surface area contributed by atoms with Crippen molar-refractivity contribution in [3.05, 3.63) is 52.6 Å². The molecule has 2 aromatic heterocycles. The number of H-pyrrole nitrogens is 1. The third-order valence-electron chi connectivity index (χ3n) is 7.71. The molecule has 15 heteroatoms. The fourth-order valence-electron chi connectivity index (χ4n) is 5.11. The number of ether oxygens (including phenoxy) is 3. The van der Waals surface area contributed by atoms with Crippen LogP contribution in [0.5, 0.6) is 5.75 Å². The molecule has 2 fully saturated rings. The smallest absolute Gasteiger partial charge is 0.459 e. The van der Waals surface area contributed by atoms with Crippen LogP contribution < -0.4 is 20.9 Å². The molecule has 5 rings (SSSR count). The lowest BCUT2D eigenvalue weighted by atomic mass is 10.1. The minimum absolute atomic E-state index is 0.0300. The summed E-state index contributed by atoms with van der Waals surface area (Å²) in [5, 5.41) is 2.77. The molecule has 2 unspecified atom stereocenters. The Morgan fingerprint density at radius 3 is 2.82 bits per heavy atom. The van der Waals surface area contributed by atoms with Gasteiger partial charge in [-0.05, 0) is 63.7 Å². The fraction of sp³-hybridized carbons (Fsp3) is 0.533. The van der Waals surface area contributed by atoms with E-state index in [0.717, 1.165) is 31.3 Å². The molecule has 2 aliphatic rings. The van der Waals surface area contributed by atoms with Crippen molar-refractivity contribution in [2.45, 2.75) is 77.7 Å². The lowest BCUT2D eigenvalue weighted by Gasteiger charge is -2.27. The Morgan fingerprint density at radius 2 is 2.09 bits per heavy atom. The number of carbonyl (C=O) groups is 1. The number of nitrogens with zero attached hydrogens (tertiary/aromatic N) is 3. The van der Waals surface area contributed by atoms with Crippen LogP contribution in [0.4, 0.5) is 5.95 Å². The molecule has 4 N–H and O–H groups in total. The summed E-state index contributed by atoms with van der Waals surface area (Å²) in [4.78, 5) is 36.0. The summed E-state index contributed by atoms with van der Waals surface area (Å²) in [7, 11) is -4.13. The van der Waals surface area contributed by atoms with Crippen molar-refractivity contribution < 1.29 is 32.6 Å². The van der Waals surface area contributed by atoms with Crippen molar-refractivity contribution in [2.75, 3.05) is 25.6 Å². The molecule has 0 radical (unpaired) electrons. The highest BCUT2D eigenvalue weighted by atomic mass is 31.2. The van der Waals surface area contributed by atoms with Crippen LogP contribution in [0.3, 0.4) is 0 Å². The molecule has 0 amide bonds. The zero-order valence-corrected chi connectivity index (χ0v) is 26.7. The maximum absolute atomic E-state index is 14.2. The summed E-state index contributed by atoms with van der Waals surface area (Å²) >= 11 is 0. The molecule has 1 saturated heterocycles. The number of carbonyl (C=O) groups excluding carboxylic acids is 1. The number of hydrogen-bond acceptors (Lipinski definition) is 11. The zero-order valence-electron chi connectivity index (χ0n) is 25.8. The van der Waals surface area contributed by atoms with E-state index in [1.54, 1.807) is 48.0 Å². The van der Waals surface area contributed by atoms with Gasteiger partial charge in [0.25, 0.3) is 5.56 Å². The van der Waals surface area contributed by atoms with Gasteiger partial charge in [-0.3, -0.25) is 23.7 Å². The molecule has 0 bridgehead atoms. The molecule has 3 aromatic rings. The lowest BCUT2D eigenvalue weighted by molar-refractivity contribution is -0.171. The second-order valence-corrected chi connectivity index (χ2v) is 13.2. The number of benzene rings is 1. The molecule has 5 atom stereocenters. The van der Waals surface area contributed by atoms with E-state index < -0.39 is 30.7 Å². The lowest BCUT2D eigenvalue weighted by Crippen LogP contribution is -2.37. The van der Waals surface area contributed by atoms with Gasteiger partial charge in [-0.1, -0.05) is 31.5 Å². The first-order valence-electron chi connectivity index (χ1n) is 15.2. The molecule has 244 valence electrons. The number of fused-ring (bicyclic) bond motifs is 1. The Hall–Kier alpha value is -3.55. The number of para-hydroxylation sites is 1. The van der Waals surface area contributed by atoms with Gasteiger partial charge in [-0.15, -0.1) is 0 Å². The predicted molar refractivity (Wildman–Crippen MR) is 167 cm³/mol. The van der Waals surface area contributed by atoms with E-state index in [1.807, 2.05) is 13.8 Å². The number of aromatic nitrogens is 4. The second kappa shape index (κ2) is 14.3. The summed E-state index contributed by atoms with van der Waals surface area (Å²) < 4.78 is 45.3. The summed E-state index contributed by atoms with van der Waals surface area (Å²) in [5.41, 5.74) is 5.95. The number of anilines is 1. The molecule has 45 heavy (non-hydrogen) atoms. The summed E-state index contributed by atoms with van der Waals surface area (Å²) in [6.45, 7) is 6.13. The van der Waals surface area contributed by atoms with Crippen LogP contribution in [0.1, 0.15) is 59.3 Å². The van der Waals surface area contributed by atoms with E-state index in [0.29, 0.717) is 30.8 Å². The Balaban J connectivity index is 1.38. The normalized spacial score (nSPS) is 23.4. The maximum atomic E-state index is 14.2. The van der Waals surface area contributed by atoms with Gasteiger partial charge in [0, 0.05) is 18.2 Å². The average molecular weight is 645 g/mol. The number of nitrogens with two attached hydrogens (primary N) is 1. The van der Waals surface area contributed by atoms with Gasteiger partial charge in [-0.25, -0.2) is 9.55 Å². The molecule has 14 nitrogen and oxygen atoms in total. The van der Waals surface area contributed by atoms with Crippen LogP contribution in [-0.2, 0) is 28.1 Å².